The largest absolute Gasteiger partial charge is 0.481 e. The standard InChI is InChI=1S/C51H86N2O10/c1-14-36(45(56)57)38-18-17-30(4)43(60-38)34(8)41(54)33(7)42(55)37(15-2)44-31(5)29-32(6)50(61-44)22-19-39(52-46(58)53-27-25-47(10,11)26-28-53)51(63-50)24-23-49(13,62-51)40-20-21-48(12,16-3)35(9)59-40/h19,22,30-41,43-44,54H,14-18,20-21,23-29H2,1-13H3,(H,52,58)(H,56,57)/t30-,31-,32+,33-,34-,35-,36+,37-,38+,39?,40+,41+,43+,44-,48-,49-,50-,51-/m0/s1. The van der Waals surface area contributed by atoms with E-state index in [1.54, 1.807) is 0 Å². The molecule has 0 saturated carbocycles. The summed E-state index contributed by atoms with van der Waals surface area (Å²) < 4.78 is 35.3. The molecule has 360 valence electrons. The normalized spacial score (nSPS) is 43.0. The maximum Gasteiger partial charge on any atom is 0.318 e. The summed E-state index contributed by atoms with van der Waals surface area (Å²) in [5.74, 6) is -5.63. The number of aliphatic hydroxyl groups is 1. The van der Waals surface area contributed by atoms with Gasteiger partial charge in [0.25, 0.3) is 0 Å². The highest BCUT2D eigenvalue weighted by Gasteiger charge is 2.63. The third kappa shape index (κ3) is 9.98. The van der Waals surface area contributed by atoms with Crippen molar-refractivity contribution in [1.82, 2.24) is 10.2 Å². The molecule has 0 bridgehead atoms. The zero-order valence-corrected chi connectivity index (χ0v) is 41.2. The van der Waals surface area contributed by atoms with Gasteiger partial charge in [-0.1, -0.05) is 82.2 Å². The molecule has 6 rings (SSSR count). The van der Waals surface area contributed by atoms with Crippen LogP contribution in [0.2, 0.25) is 0 Å². The van der Waals surface area contributed by atoms with Gasteiger partial charge in [-0.05, 0) is 113 Å². The summed E-state index contributed by atoms with van der Waals surface area (Å²) in [6.07, 6.45) is 10.8. The molecule has 2 amide bonds. The van der Waals surface area contributed by atoms with Crippen LogP contribution in [0.1, 0.15) is 167 Å². The third-order valence-electron chi connectivity index (χ3n) is 17.7. The number of carboxylic acids is 1. The second-order valence-electron chi connectivity index (χ2n) is 22.6. The van der Waals surface area contributed by atoms with E-state index in [1.807, 2.05) is 44.7 Å². The maximum absolute atomic E-state index is 14.7. The van der Waals surface area contributed by atoms with Crippen molar-refractivity contribution in [3.05, 3.63) is 12.2 Å². The molecular formula is C51H86N2O10. The number of nitrogens with zero attached hydrogens (tertiary/aromatic N) is 1. The quantitative estimate of drug-likeness (QED) is 0.153. The second-order valence-corrected chi connectivity index (χ2v) is 22.6. The van der Waals surface area contributed by atoms with Crippen molar-refractivity contribution in [2.75, 3.05) is 13.1 Å². The molecule has 5 fully saturated rings. The Kier molecular flexibility index (Phi) is 15.4. The minimum Gasteiger partial charge on any atom is -0.481 e. The number of aliphatic carboxylic acids is 1. The van der Waals surface area contributed by atoms with E-state index in [2.05, 4.69) is 67.6 Å². The fourth-order valence-electron chi connectivity index (χ4n) is 12.3. The molecule has 18 atom stereocenters. The Morgan fingerprint density at radius 2 is 1.49 bits per heavy atom. The van der Waals surface area contributed by atoms with Gasteiger partial charge in [-0.3, -0.25) is 9.59 Å². The molecule has 6 aliphatic rings. The molecule has 6 heterocycles. The number of ketones is 1. The summed E-state index contributed by atoms with van der Waals surface area (Å²) >= 11 is 0. The first kappa shape index (κ1) is 50.3. The summed E-state index contributed by atoms with van der Waals surface area (Å²) in [4.78, 5) is 42.8. The molecule has 5 saturated heterocycles. The smallest absolute Gasteiger partial charge is 0.318 e. The highest BCUT2D eigenvalue weighted by atomic mass is 16.8. The van der Waals surface area contributed by atoms with Crippen LogP contribution in [0.15, 0.2) is 12.2 Å². The summed E-state index contributed by atoms with van der Waals surface area (Å²) in [5.41, 5.74) is -0.382. The number of carbonyl (C=O) groups excluding carboxylic acids is 2. The highest BCUT2D eigenvalue weighted by Crippen LogP contribution is 2.55. The summed E-state index contributed by atoms with van der Waals surface area (Å²) in [6, 6.07) is -0.717. The first-order valence-corrected chi connectivity index (χ1v) is 25.1. The number of aliphatic hydroxyl groups excluding tert-OH is 1. The fourth-order valence-corrected chi connectivity index (χ4v) is 12.3. The van der Waals surface area contributed by atoms with E-state index in [4.69, 9.17) is 23.7 Å². The van der Waals surface area contributed by atoms with Crippen LogP contribution in [0.4, 0.5) is 4.79 Å². The van der Waals surface area contributed by atoms with Gasteiger partial charge < -0.3 is 44.1 Å². The van der Waals surface area contributed by atoms with E-state index in [0.717, 1.165) is 44.9 Å². The molecule has 12 nitrogen and oxygen atoms in total. The number of carboxylic acid groups (broad SMARTS) is 1. The molecule has 0 aromatic carbocycles. The lowest BCUT2D eigenvalue weighted by Gasteiger charge is -2.55. The number of amides is 2. The number of nitrogens with one attached hydrogen (secondary N) is 1. The maximum atomic E-state index is 14.7. The lowest BCUT2D eigenvalue weighted by Crippen LogP contribution is -2.66. The molecule has 1 unspecified atom stereocenters. The number of likely N-dealkylation sites (tertiary alicyclic amines) is 1. The Labute approximate surface area is 379 Å². The molecule has 63 heavy (non-hydrogen) atoms. The third-order valence-corrected chi connectivity index (χ3v) is 17.7. The monoisotopic (exact) mass is 887 g/mol. The lowest BCUT2D eigenvalue weighted by atomic mass is 9.72. The highest BCUT2D eigenvalue weighted by molar-refractivity contribution is 5.84. The van der Waals surface area contributed by atoms with E-state index < -0.39 is 71.2 Å². The van der Waals surface area contributed by atoms with Gasteiger partial charge in [0.1, 0.15) is 11.8 Å². The van der Waals surface area contributed by atoms with Crippen molar-refractivity contribution in [2.24, 2.45) is 52.3 Å². The number of carbonyl (C=O) groups is 3. The molecule has 3 N–H and O–H groups in total. The van der Waals surface area contributed by atoms with Gasteiger partial charge in [0.15, 0.2) is 11.6 Å². The van der Waals surface area contributed by atoms with Crippen molar-refractivity contribution in [3.8, 4) is 0 Å². The van der Waals surface area contributed by atoms with E-state index in [0.29, 0.717) is 45.2 Å². The average Bonchev–Trinajstić information content (AvgIpc) is 3.58. The second kappa shape index (κ2) is 19.3. The molecule has 0 aromatic heterocycles. The van der Waals surface area contributed by atoms with Crippen LogP contribution in [0.25, 0.3) is 0 Å². The van der Waals surface area contributed by atoms with Crippen LogP contribution in [0.5, 0.6) is 0 Å². The number of urea groups is 1. The van der Waals surface area contributed by atoms with Crippen molar-refractivity contribution in [3.63, 3.8) is 0 Å². The molecule has 6 aliphatic heterocycles. The molecular weight excluding hydrogens is 801 g/mol. The van der Waals surface area contributed by atoms with Crippen LogP contribution in [0, 0.1) is 52.3 Å². The molecule has 2 spiro atoms. The molecule has 0 aliphatic carbocycles. The average molecular weight is 887 g/mol. The van der Waals surface area contributed by atoms with E-state index in [-0.39, 0.29) is 58.7 Å². The van der Waals surface area contributed by atoms with Gasteiger partial charge in [0.2, 0.25) is 0 Å². The van der Waals surface area contributed by atoms with Crippen LogP contribution in [0.3, 0.4) is 0 Å². The Morgan fingerprint density at radius 1 is 0.825 bits per heavy atom. The first-order valence-electron chi connectivity index (χ1n) is 25.1. The minimum atomic E-state index is -1.25. The lowest BCUT2D eigenvalue weighted by molar-refractivity contribution is -0.397. The number of Topliss-reactive ketones (excluding diaryl/α,β-unsaturated/α-hetero) is 1. The predicted molar refractivity (Wildman–Crippen MR) is 243 cm³/mol. The summed E-state index contributed by atoms with van der Waals surface area (Å²) in [5, 5.41) is 25.2. The Bertz CT molecular complexity index is 1650. The van der Waals surface area contributed by atoms with Crippen molar-refractivity contribution in [2.45, 2.75) is 227 Å². The predicted octanol–water partition coefficient (Wildman–Crippen LogP) is 9.30. The minimum absolute atomic E-state index is 0.0132. The number of piperidine rings is 1. The SMILES string of the molecule is CC[C@@H](C(=O)[C@@H](C)[C@@H](O)[C@H](C)[C@@H]1O[C@@H]([C@@H](CC)C(=O)O)CC[C@@H]1C)[C@H]1O[C@]2(C=CC(NC(=O)N3CCC(C)(C)CC3)[C@]3(CC[C@@](C)([C@H]4CC[C@](C)(CC)[C@H](C)O4)O3)O2)[C@H](C)C[C@@H]1C. The van der Waals surface area contributed by atoms with E-state index in [1.165, 1.54) is 0 Å². The Morgan fingerprint density at radius 3 is 2.10 bits per heavy atom. The van der Waals surface area contributed by atoms with Crippen LogP contribution < -0.4 is 5.32 Å². The number of hydrogen-bond acceptors (Lipinski definition) is 9. The summed E-state index contributed by atoms with van der Waals surface area (Å²) in [7, 11) is 0. The van der Waals surface area contributed by atoms with Gasteiger partial charge in [-0.2, -0.15) is 0 Å². The van der Waals surface area contributed by atoms with Crippen molar-refractivity contribution >= 4 is 17.8 Å². The number of rotatable bonds is 13. The zero-order valence-electron chi connectivity index (χ0n) is 41.2. The van der Waals surface area contributed by atoms with Crippen LogP contribution in [-0.4, -0.2) is 106 Å². The van der Waals surface area contributed by atoms with E-state index >= 15 is 0 Å². The molecule has 12 heteroatoms. The van der Waals surface area contributed by atoms with Gasteiger partial charge in [0.05, 0.1) is 48.1 Å². The number of hydrogen-bond donors (Lipinski definition) is 3. The molecule has 0 radical (unpaired) electrons. The topological polar surface area (TPSA) is 153 Å². The first-order chi connectivity index (χ1) is 29.5. The van der Waals surface area contributed by atoms with E-state index in [9.17, 15) is 24.6 Å². The zero-order chi connectivity index (χ0) is 46.4. The van der Waals surface area contributed by atoms with Crippen molar-refractivity contribution in [1.29, 1.82) is 0 Å². The Balaban J connectivity index is 1.24. The Hall–Kier alpha value is -2.09. The summed E-state index contributed by atoms with van der Waals surface area (Å²) in [6.45, 7) is 28.7. The van der Waals surface area contributed by atoms with Crippen molar-refractivity contribution < 1.29 is 48.3 Å². The van der Waals surface area contributed by atoms with Gasteiger partial charge in [-0.25, -0.2) is 4.79 Å². The van der Waals surface area contributed by atoms with Crippen LogP contribution in [-0.2, 0) is 33.3 Å². The van der Waals surface area contributed by atoms with Gasteiger partial charge >= 0.3 is 12.0 Å². The van der Waals surface area contributed by atoms with Crippen LogP contribution >= 0.6 is 0 Å². The fraction of sp³-hybridized carbons (Fsp3) is 0.902. The number of ether oxygens (including phenoxy) is 5. The molecule has 0 aromatic rings. The van der Waals surface area contributed by atoms with Gasteiger partial charge in [-0.15, -0.1) is 0 Å². The van der Waals surface area contributed by atoms with Gasteiger partial charge in [0, 0.05) is 43.2 Å².